The Labute approximate surface area is 126 Å². The predicted molar refractivity (Wildman–Crippen MR) is 63.0 cm³/mol. The van der Waals surface area contributed by atoms with Gasteiger partial charge in [-0.1, -0.05) is 30.2 Å². The van der Waals surface area contributed by atoms with Crippen molar-refractivity contribution in [1.82, 2.24) is 4.31 Å². The number of nitrogens with zero attached hydrogens (tertiary/aromatic N) is 1. The molecule has 1 aromatic carbocycles. The summed E-state index contributed by atoms with van der Waals surface area (Å²) in [6.07, 6.45) is 3.13. The van der Waals surface area contributed by atoms with Gasteiger partial charge >= 0.3 is 18.9 Å². The van der Waals surface area contributed by atoms with Crippen LogP contribution in [0.25, 0.3) is 0 Å². The minimum atomic E-state index is -5.27. The van der Waals surface area contributed by atoms with E-state index >= 15 is 0 Å². The number of terminal acetylenes is 1. The minimum Gasteiger partial charge on any atom is -0.735 e. The molecule has 1 aliphatic rings. The van der Waals surface area contributed by atoms with Crippen LogP contribution in [0.5, 0.6) is 0 Å². The third kappa shape index (κ3) is 3.20. The molecule has 96 valence electrons. The van der Waals surface area contributed by atoms with Crippen LogP contribution in [0, 0.1) is 12.3 Å². The predicted octanol–water partition coefficient (Wildman–Crippen LogP) is -1.98. The Morgan fingerprint density at radius 2 is 2.21 bits per heavy atom. The molecule has 0 saturated carbocycles. The van der Waals surface area contributed by atoms with Crippen LogP contribution in [0.2, 0.25) is 0 Å². The average Bonchev–Trinajstić information content (AvgIpc) is 2.65. The van der Waals surface area contributed by atoms with Crippen molar-refractivity contribution in [3.8, 4) is 12.3 Å². The quantitative estimate of drug-likeness (QED) is 0.365. The van der Waals surface area contributed by atoms with Crippen molar-refractivity contribution in [2.75, 3.05) is 6.50 Å². The molecule has 0 bridgehead atoms. The summed E-state index contributed by atoms with van der Waals surface area (Å²) in [5, 5.41) is 0. The Hall–Kier alpha value is -0.823. The van der Waals surface area contributed by atoms with Crippen molar-refractivity contribution in [3.05, 3.63) is 35.4 Å². The summed E-state index contributed by atoms with van der Waals surface area (Å²) in [4.78, 5) is 0. The molecule has 0 heterocycles. The van der Waals surface area contributed by atoms with E-state index in [0.29, 0.717) is 5.56 Å². The molecular formula is C12H11FLiNO3S. The molecule has 19 heavy (non-hydrogen) atoms. The van der Waals surface area contributed by atoms with Crippen LogP contribution in [0.4, 0.5) is 4.39 Å². The van der Waals surface area contributed by atoms with Gasteiger partial charge in [-0.25, -0.2) is 12.8 Å². The molecular weight excluding hydrogens is 264 g/mol. The van der Waals surface area contributed by atoms with Crippen LogP contribution in [0.1, 0.15) is 19.9 Å². The summed E-state index contributed by atoms with van der Waals surface area (Å²) in [6.45, 7) is -2.90. The van der Waals surface area contributed by atoms with E-state index in [0.717, 1.165) is 0 Å². The van der Waals surface area contributed by atoms with E-state index in [-0.39, 0.29) is 35.2 Å². The molecule has 7 heteroatoms. The van der Waals surface area contributed by atoms with E-state index in [4.69, 9.17) is 9.16 Å². The summed E-state index contributed by atoms with van der Waals surface area (Å²) in [5.74, 6) is 1.59. The monoisotopic (exact) mass is 277 g/mol. The second kappa shape index (κ2) is 6.09. The fraction of sp³-hybridized carbons (Fsp3) is 0.333. The maximum absolute atomic E-state index is 14.1. The maximum atomic E-state index is 14.1. The molecule has 0 fully saturated rings. The maximum Gasteiger partial charge on any atom is 1.00 e. The van der Waals surface area contributed by atoms with Gasteiger partial charge in [0.25, 0.3) is 0 Å². The fourth-order valence-electron chi connectivity index (χ4n) is 2.13. The standard InChI is InChI=1S/C12H12FNO3S.Li/c1-2-7-14(18(15,16)17)12-10-6-4-3-5-9(10)8-11(12)13;/h1,3-6,11-12H,7-8H2,(H,15,16,17);/q;+1/p-1/i7D2;. The molecule has 2 unspecified atom stereocenters. The van der Waals surface area contributed by atoms with Gasteiger partial charge in [-0.05, 0) is 11.1 Å². The largest absolute Gasteiger partial charge is 1.00 e. The average molecular weight is 277 g/mol. The Kier molecular flexibility index (Phi) is 4.22. The van der Waals surface area contributed by atoms with Gasteiger partial charge in [-0.15, -0.1) is 6.42 Å². The van der Waals surface area contributed by atoms with Crippen LogP contribution >= 0.6 is 0 Å². The van der Waals surface area contributed by atoms with Gasteiger partial charge in [0, 0.05) is 6.42 Å². The van der Waals surface area contributed by atoms with Gasteiger partial charge in [0.2, 0.25) is 0 Å². The van der Waals surface area contributed by atoms with Gasteiger partial charge in [0.1, 0.15) is 6.17 Å². The molecule has 0 saturated heterocycles. The van der Waals surface area contributed by atoms with Crippen molar-refractivity contribution in [2.45, 2.75) is 18.6 Å². The van der Waals surface area contributed by atoms with Crippen molar-refractivity contribution in [2.24, 2.45) is 0 Å². The molecule has 2 atom stereocenters. The summed E-state index contributed by atoms with van der Waals surface area (Å²) in [7, 11) is -5.27. The second-order valence-electron chi connectivity index (χ2n) is 3.87. The zero-order valence-electron chi connectivity index (χ0n) is 12.2. The summed E-state index contributed by atoms with van der Waals surface area (Å²) >= 11 is 0. The first-order valence-corrected chi connectivity index (χ1v) is 6.50. The number of rotatable bonds is 3. The van der Waals surface area contributed by atoms with E-state index < -0.39 is 29.0 Å². The molecule has 1 aliphatic carbocycles. The first kappa shape index (κ1) is 13.2. The van der Waals surface area contributed by atoms with Crippen LogP contribution in [0.15, 0.2) is 24.3 Å². The smallest absolute Gasteiger partial charge is 0.735 e. The molecule has 0 amide bonds. The van der Waals surface area contributed by atoms with Crippen molar-refractivity contribution in [3.63, 3.8) is 0 Å². The molecule has 0 aliphatic heterocycles. The van der Waals surface area contributed by atoms with Gasteiger partial charge in [-0.3, -0.25) is 0 Å². The minimum absolute atomic E-state index is 0. The number of hydrogen-bond donors (Lipinski definition) is 0. The summed E-state index contributed by atoms with van der Waals surface area (Å²) < 4.78 is 63.1. The van der Waals surface area contributed by atoms with Crippen LogP contribution < -0.4 is 18.9 Å². The SMILES string of the molecule is [2H]C([2H])(C#C)N(C1c2ccccc2CC1F)S(=O)(=O)[O-].[Li+]. The molecule has 1 aromatic rings. The molecule has 0 N–H and O–H groups in total. The molecule has 0 aromatic heterocycles. The number of fused-ring (bicyclic) bond motifs is 1. The molecule has 0 radical (unpaired) electrons. The van der Waals surface area contributed by atoms with E-state index in [9.17, 15) is 17.4 Å². The van der Waals surface area contributed by atoms with Crippen molar-refractivity contribution < 1.29 is 39.0 Å². The number of alkyl halides is 1. The third-order valence-corrected chi connectivity index (χ3v) is 3.60. The van der Waals surface area contributed by atoms with Gasteiger partial charge in [-0.2, -0.15) is 4.31 Å². The van der Waals surface area contributed by atoms with Gasteiger partial charge in [0.05, 0.1) is 15.3 Å². The summed E-state index contributed by atoms with van der Waals surface area (Å²) in [5.41, 5.74) is 0.796. The number of benzene rings is 1. The normalized spacial score (nSPS) is 23.9. The zero-order chi connectivity index (χ0) is 15.1. The third-order valence-electron chi connectivity index (χ3n) is 2.80. The van der Waals surface area contributed by atoms with Gasteiger partial charge < -0.3 is 4.55 Å². The topological polar surface area (TPSA) is 60.4 Å². The van der Waals surface area contributed by atoms with E-state index in [1.165, 1.54) is 6.07 Å². The van der Waals surface area contributed by atoms with E-state index in [1.54, 1.807) is 24.1 Å². The number of hydrogen-bond acceptors (Lipinski definition) is 3. The Morgan fingerprint density at radius 3 is 2.79 bits per heavy atom. The zero-order valence-corrected chi connectivity index (χ0v) is 11.0. The van der Waals surface area contributed by atoms with Crippen molar-refractivity contribution in [1.29, 1.82) is 0 Å². The summed E-state index contributed by atoms with van der Waals surface area (Å²) in [6, 6.07) is 4.73. The number of halogens is 1. The van der Waals surface area contributed by atoms with E-state index in [2.05, 4.69) is 0 Å². The van der Waals surface area contributed by atoms with E-state index in [1.807, 2.05) is 0 Å². The first-order chi connectivity index (χ1) is 9.18. The van der Waals surface area contributed by atoms with Gasteiger partial charge in [0.15, 0.2) is 10.3 Å². The van der Waals surface area contributed by atoms with Crippen molar-refractivity contribution >= 4 is 10.3 Å². The fourth-order valence-corrected chi connectivity index (χ4v) is 2.81. The molecule has 2 rings (SSSR count). The Bertz CT molecular complexity index is 677. The molecule has 0 spiro atoms. The Morgan fingerprint density at radius 1 is 1.58 bits per heavy atom. The van der Waals surface area contributed by atoms with Crippen LogP contribution in [-0.2, 0) is 16.7 Å². The van der Waals surface area contributed by atoms with Crippen LogP contribution in [0.3, 0.4) is 0 Å². The van der Waals surface area contributed by atoms with Crippen LogP contribution in [-0.4, -0.2) is 29.9 Å². The first-order valence-electron chi connectivity index (χ1n) is 6.13. The molecule has 4 nitrogen and oxygen atoms in total. The Balaban J connectivity index is 0.00000220. The second-order valence-corrected chi connectivity index (χ2v) is 5.12.